The predicted molar refractivity (Wildman–Crippen MR) is 103 cm³/mol. The number of rotatable bonds is 4. The van der Waals surface area contributed by atoms with Crippen molar-refractivity contribution in [2.75, 3.05) is 0 Å². The maximum atomic E-state index is 14.4. The molecule has 5 nitrogen and oxygen atoms in total. The summed E-state index contributed by atoms with van der Waals surface area (Å²) in [4.78, 5) is 16.4. The van der Waals surface area contributed by atoms with Crippen molar-refractivity contribution in [1.29, 1.82) is 0 Å². The molecule has 158 valence electrons. The van der Waals surface area contributed by atoms with Gasteiger partial charge in [-0.05, 0) is 37.3 Å². The van der Waals surface area contributed by atoms with Crippen LogP contribution in [0.5, 0.6) is 0 Å². The highest BCUT2D eigenvalue weighted by Gasteiger charge is 2.23. The van der Waals surface area contributed by atoms with Gasteiger partial charge < -0.3 is 9.52 Å². The van der Waals surface area contributed by atoms with Gasteiger partial charge in [-0.3, -0.25) is 9.36 Å². The average Bonchev–Trinajstić information content (AvgIpc) is 3.14. The van der Waals surface area contributed by atoms with Crippen LogP contribution in [0.3, 0.4) is 0 Å². The first-order valence-corrected chi connectivity index (χ1v) is 9.08. The molecule has 31 heavy (non-hydrogen) atoms. The molecule has 4 rings (SSSR count). The smallest absolute Gasteiger partial charge is 0.255 e. The van der Waals surface area contributed by atoms with E-state index in [9.17, 15) is 27.5 Å². The molecule has 0 radical (unpaired) electrons. The molecule has 1 unspecified atom stereocenters. The van der Waals surface area contributed by atoms with Gasteiger partial charge in [0.15, 0.2) is 5.76 Å². The fourth-order valence-electron chi connectivity index (χ4n) is 3.09. The van der Waals surface area contributed by atoms with Gasteiger partial charge in [0.25, 0.3) is 5.56 Å². The van der Waals surface area contributed by atoms with Gasteiger partial charge in [0.05, 0.1) is 0 Å². The maximum Gasteiger partial charge on any atom is 0.255 e. The van der Waals surface area contributed by atoms with Gasteiger partial charge in [-0.15, -0.1) is 0 Å². The summed E-state index contributed by atoms with van der Waals surface area (Å²) >= 11 is 0. The summed E-state index contributed by atoms with van der Waals surface area (Å²) in [6.07, 6.45) is -0.0490. The second-order valence-electron chi connectivity index (χ2n) is 6.73. The molecule has 9 heteroatoms. The molecule has 2 aromatic heterocycles. The van der Waals surface area contributed by atoms with E-state index in [1.54, 1.807) is 0 Å². The summed E-state index contributed by atoms with van der Waals surface area (Å²) in [5.74, 6) is -3.90. The molecular weight excluding hydrogens is 416 g/mol. The van der Waals surface area contributed by atoms with Crippen LogP contribution < -0.4 is 5.56 Å². The molecular formula is C22H14F4N2O3. The quantitative estimate of drug-likeness (QED) is 0.474. The lowest BCUT2D eigenvalue weighted by Crippen LogP contribution is -2.19. The fourth-order valence-corrected chi connectivity index (χ4v) is 3.09. The number of para-hydroxylation sites is 1. The van der Waals surface area contributed by atoms with Crippen molar-refractivity contribution in [3.05, 3.63) is 94.2 Å². The number of nitrogens with zero attached hydrogens (tertiary/aromatic N) is 2. The minimum atomic E-state index is -1.16. The van der Waals surface area contributed by atoms with Crippen molar-refractivity contribution in [1.82, 2.24) is 9.55 Å². The van der Waals surface area contributed by atoms with E-state index in [0.717, 1.165) is 47.2 Å². The fraction of sp³-hybridized carbons (Fsp3) is 0.0909. The van der Waals surface area contributed by atoms with Gasteiger partial charge in [-0.2, -0.15) is 0 Å². The lowest BCUT2D eigenvalue weighted by Gasteiger charge is -2.10. The Morgan fingerprint density at radius 1 is 1.00 bits per heavy atom. The maximum absolute atomic E-state index is 14.4. The van der Waals surface area contributed by atoms with Gasteiger partial charge in [0, 0.05) is 29.5 Å². The SMILES string of the molecule is CC(O)c1nc(-c2ccc(F)cc2F)c(-c2ccc(=O)n(-c3c(F)cccc3F)c2)o1. The number of aliphatic hydroxyl groups is 1. The lowest BCUT2D eigenvalue weighted by atomic mass is 10.1. The van der Waals surface area contributed by atoms with Crippen LogP contribution in [0.15, 0.2) is 63.9 Å². The van der Waals surface area contributed by atoms with E-state index in [1.165, 1.54) is 13.0 Å². The number of hydrogen-bond acceptors (Lipinski definition) is 4. The number of oxazole rings is 1. The number of benzene rings is 2. The Morgan fingerprint density at radius 2 is 1.71 bits per heavy atom. The standard InChI is InChI=1S/C22H14F4N2O3/c1-11(29)22-27-19(14-7-6-13(23)9-17(14)26)21(31-22)12-5-8-18(30)28(10-12)20-15(24)3-2-4-16(20)25/h2-11,29H,1H3. The van der Waals surface area contributed by atoms with Gasteiger partial charge in [-0.1, -0.05) is 6.07 Å². The molecule has 0 fully saturated rings. The van der Waals surface area contributed by atoms with Crippen LogP contribution in [0.2, 0.25) is 0 Å². The number of hydrogen-bond donors (Lipinski definition) is 1. The molecule has 1 atom stereocenters. The molecule has 0 spiro atoms. The summed E-state index contributed by atoms with van der Waals surface area (Å²) < 4.78 is 62.6. The molecule has 0 bridgehead atoms. The van der Waals surface area contributed by atoms with Crippen LogP contribution in [-0.4, -0.2) is 14.7 Å². The molecule has 0 aliphatic carbocycles. The first kappa shape index (κ1) is 20.5. The monoisotopic (exact) mass is 430 g/mol. The number of aliphatic hydroxyl groups excluding tert-OH is 1. The molecule has 0 saturated carbocycles. The summed E-state index contributed by atoms with van der Waals surface area (Å²) in [5.41, 5.74) is -1.40. The first-order chi connectivity index (χ1) is 14.8. The van der Waals surface area contributed by atoms with Crippen molar-refractivity contribution in [3.8, 4) is 28.3 Å². The average molecular weight is 430 g/mol. The normalized spacial score (nSPS) is 12.2. The van der Waals surface area contributed by atoms with E-state index in [0.29, 0.717) is 6.07 Å². The van der Waals surface area contributed by atoms with E-state index < -0.39 is 40.6 Å². The van der Waals surface area contributed by atoms with E-state index in [2.05, 4.69) is 4.98 Å². The number of halogens is 4. The van der Waals surface area contributed by atoms with Crippen LogP contribution >= 0.6 is 0 Å². The third kappa shape index (κ3) is 3.75. The van der Waals surface area contributed by atoms with Crippen LogP contribution in [0, 0.1) is 23.3 Å². The van der Waals surface area contributed by atoms with E-state index in [-0.39, 0.29) is 28.5 Å². The Hall–Kier alpha value is -3.72. The predicted octanol–water partition coefficient (Wildman–Crippen LogP) is 4.77. The van der Waals surface area contributed by atoms with Crippen molar-refractivity contribution >= 4 is 0 Å². The Labute approximate surface area is 172 Å². The van der Waals surface area contributed by atoms with Crippen molar-refractivity contribution < 1.29 is 27.1 Å². The Kier molecular flexibility index (Phi) is 5.20. The molecule has 4 aromatic rings. The largest absolute Gasteiger partial charge is 0.437 e. The topological polar surface area (TPSA) is 68.3 Å². The number of aromatic nitrogens is 2. The van der Waals surface area contributed by atoms with Crippen LogP contribution in [-0.2, 0) is 0 Å². The molecule has 1 N–H and O–H groups in total. The van der Waals surface area contributed by atoms with E-state index >= 15 is 0 Å². The minimum Gasteiger partial charge on any atom is -0.437 e. The second kappa shape index (κ2) is 7.84. The summed E-state index contributed by atoms with van der Waals surface area (Å²) in [5, 5.41) is 9.85. The van der Waals surface area contributed by atoms with Gasteiger partial charge in [-0.25, -0.2) is 22.5 Å². The highest BCUT2D eigenvalue weighted by atomic mass is 19.1. The summed E-state index contributed by atoms with van der Waals surface area (Å²) in [7, 11) is 0. The van der Waals surface area contributed by atoms with Gasteiger partial charge in [0.2, 0.25) is 5.89 Å². The van der Waals surface area contributed by atoms with Crippen molar-refractivity contribution in [2.45, 2.75) is 13.0 Å². The van der Waals surface area contributed by atoms with E-state index in [4.69, 9.17) is 4.42 Å². The Morgan fingerprint density at radius 3 is 2.35 bits per heavy atom. The second-order valence-corrected chi connectivity index (χ2v) is 6.73. The highest BCUT2D eigenvalue weighted by Crippen LogP contribution is 2.35. The molecule has 0 aliphatic heterocycles. The van der Waals surface area contributed by atoms with Crippen molar-refractivity contribution in [3.63, 3.8) is 0 Å². The summed E-state index contributed by atoms with van der Waals surface area (Å²) in [6, 6.07) is 8.33. The highest BCUT2D eigenvalue weighted by molar-refractivity contribution is 5.77. The zero-order chi connectivity index (χ0) is 22.3. The first-order valence-electron chi connectivity index (χ1n) is 9.08. The van der Waals surface area contributed by atoms with Crippen LogP contribution in [0.25, 0.3) is 28.3 Å². The zero-order valence-electron chi connectivity index (χ0n) is 15.9. The molecule has 0 saturated heterocycles. The summed E-state index contributed by atoms with van der Waals surface area (Å²) in [6.45, 7) is 1.37. The Balaban J connectivity index is 1.96. The van der Waals surface area contributed by atoms with Crippen LogP contribution in [0.4, 0.5) is 17.6 Å². The van der Waals surface area contributed by atoms with Crippen molar-refractivity contribution in [2.24, 2.45) is 0 Å². The lowest BCUT2D eigenvalue weighted by molar-refractivity contribution is 0.164. The van der Waals surface area contributed by atoms with Gasteiger partial charge in [0.1, 0.15) is 40.8 Å². The molecule has 2 heterocycles. The third-order valence-corrected chi connectivity index (χ3v) is 4.54. The minimum absolute atomic E-state index is 0.0763. The van der Waals surface area contributed by atoms with Crippen LogP contribution in [0.1, 0.15) is 18.9 Å². The molecule has 2 aromatic carbocycles. The number of pyridine rings is 1. The van der Waals surface area contributed by atoms with Gasteiger partial charge >= 0.3 is 0 Å². The third-order valence-electron chi connectivity index (χ3n) is 4.54. The Bertz CT molecular complexity index is 1320. The van der Waals surface area contributed by atoms with E-state index in [1.807, 2.05) is 0 Å². The zero-order valence-corrected chi connectivity index (χ0v) is 15.9. The molecule has 0 amide bonds. The molecule has 0 aliphatic rings.